The highest BCUT2D eigenvalue weighted by Gasteiger charge is 2.46. The highest BCUT2D eigenvalue weighted by molar-refractivity contribution is 6.37. The summed E-state index contributed by atoms with van der Waals surface area (Å²) >= 11 is 0. The van der Waals surface area contributed by atoms with E-state index in [0.29, 0.717) is 0 Å². The van der Waals surface area contributed by atoms with Crippen molar-refractivity contribution in [3.05, 3.63) is 259 Å². The van der Waals surface area contributed by atoms with Gasteiger partial charge in [-0.05, 0) is 145 Å². The Labute approximate surface area is 371 Å². The van der Waals surface area contributed by atoms with E-state index in [1.807, 2.05) is 0 Å². The molecule has 0 fully saturated rings. The van der Waals surface area contributed by atoms with Gasteiger partial charge in [0.25, 0.3) is 0 Å². The molecule has 0 saturated heterocycles. The molecule has 14 rings (SSSR count). The van der Waals surface area contributed by atoms with E-state index in [4.69, 9.17) is 0 Å². The van der Waals surface area contributed by atoms with E-state index in [0.717, 1.165) is 17.1 Å². The maximum absolute atomic E-state index is 2.51. The molecule has 1 nitrogen and oxygen atoms in total. The molecule has 1 heteroatoms. The van der Waals surface area contributed by atoms with Crippen molar-refractivity contribution in [3.63, 3.8) is 0 Å². The quantitative estimate of drug-likeness (QED) is 0.157. The van der Waals surface area contributed by atoms with Crippen LogP contribution in [0.5, 0.6) is 0 Å². The third-order valence-corrected chi connectivity index (χ3v) is 14.4. The van der Waals surface area contributed by atoms with Gasteiger partial charge in [0, 0.05) is 17.1 Å². The minimum Gasteiger partial charge on any atom is -0.310 e. The molecule has 0 bridgehead atoms. The molecule has 0 amide bonds. The number of rotatable bonds is 5. The van der Waals surface area contributed by atoms with Crippen molar-refractivity contribution in [1.29, 1.82) is 0 Å². The van der Waals surface area contributed by atoms with Gasteiger partial charge in [-0.25, -0.2) is 0 Å². The van der Waals surface area contributed by atoms with E-state index in [9.17, 15) is 0 Å². The Bertz CT molecular complexity index is 3970. The van der Waals surface area contributed by atoms with Crippen LogP contribution in [0, 0.1) is 0 Å². The van der Waals surface area contributed by atoms with E-state index in [2.05, 4.69) is 241 Å². The van der Waals surface area contributed by atoms with Crippen LogP contribution >= 0.6 is 0 Å². The molecule has 0 aromatic heterocycles. The maximum atomic E-state index is 2.51. The SMILES string of the molecule is c1ccc(C2(c3ccccc3)c3ccccc3-c3ccc(N(c4ccc5ccccc5c4)c4cc5ccc6cccc7c8cccc9ccc%10cccc(c(c4)c5c67)c%10c98)cc32)cc1. The third kappa shape index (κ3) is 4.84. The van der Waals surface area contributed by atoms with Crippen molar-refractivity contribution in [2.75, 3.05) is 4.90 Å². The van der Waals surface area contributed by atoms with Gasteiger partial charge in [-0.3, -0.25) is 0 Å². The Kier molecular flexibility index (Phi) is 7.38. The van der Waals surface area contributed by atoms with Gasteiger partial charge < -0.3 is 4.90 Å². The fraction of sp³-hybridized carbons (Fsp3) is 0.0159. The van der Waals surface area contributed by atoms with E-state index in [1.165, 1.54) is 109 Å². The summed E-state index contributed by atoms with van der Waals surface area (Å²) in [7, 11) is 0. The average molecular weight is 810 g/mol. The second-order valence-corrected chi connectivity index (χ2v) is 17.6. The first kappa shape index (κ1) is 35.3. The molecule has 0 heterocycles. The fourth-order valence-corrected chi connectivity index (χ4v) is 11.7. The minimum atomic E-state index is -0.526. The van der Waals surface area contributed by atoms with Gasteiger partial charge in [0.2, 0.25) is 0 Å². The summed E-state index contributed by atoms with van der Waals surface area (Å²) in [5.74, 6) is 0. The van der Waals surface area contributed by atoms with Crippen LogP contribution < -0.4 is 4.90 Å². The predicted octanol–water partition coefficient (Wildman–Crippen LogP) is 17.0. The van der Waals surface area contributed by atoms with E-state index in [1.54, 1.807) is 0 Å². The zero-order valence-corrected chi connectivity index (χ0v) is 35.0. The van der Waals surface area contributed by atoms with Gasteiger partial charge in [-0.1, -0.05) is 200 Å². The highest BCUT2D eigenvalue weighted by atomic mass is 15.1. The molecular weight excluding hydrogens is 771 g/mol. The van der Waals surface area contributed by atoms with E-state index >= 15 is 0 Å². The summed E-state index contributed by atoms with van der Waals surface area (Å²) in [6, 6.07) is 88.8. The summed E-state index contributed by atoms with van der Waals surface area (Å²) in [6.07, 6.45) is 0. The molecular formula is C63H39N. The van der Waals surface area contributed by atoms with Crippen LogP contribution in [0.1, 0.15) is 22.3 Å². The lowest BCUT2D eigenvalue weighted by Gasteiger charge is -2.35. The summed E-state index contributed by atoms with van der Waals surface area (Å²) in [5, 5.41) is 17.7. The molecule has 64 heavy (non-hydrogen) atoms. The van der Waals surface area contributed by atoms with Crippen molar-refractivity contribution in [3.8, 4) is 11.1 Å². The molecule has 1 aliphatic rings. The highest BCUT2D eigenvalue weighted by Crippen LogP contribution is 2.57. The van der Waals surface area contributed by atoms with E-state index < -0.39 is 5.41 Å². The van der Waals surface area contributed by atoms with Gasteiger partial charge in [0.15, 0.2) is 0 Å². The molecule has 13 aromatic carbocycles. The van der Waals surface area contributed by atoms with Crippen LogP contribution in [0.4, 0.5) is 17.1 Å². The summed E-state index contributed by atoms with van der Waals surface area (Å²) in [4.78, 5) is 2.51. The molecule has 0 aliphatic heterocycles. The fourth-order valence-electron chi connectivity index (χ4n) is 11.7. The third-order valence-electron chi connectivity index (χ3n) is 14.4. The lowest BCUT2D eigenvalue weighted by molar-refractivity contribution is 0.768. The smallest absolute Gasteiger partial charge is 0.0714 e. The van der Waals surface area contributed by atoms with Crippen LogP contribution in [0.3, 0.4) is 0 Å². The molecule has 0 N–H and O–H groups in total. The molecule has 0 saturated carbocycles. The number of nitrogens with zero attached hydrogens (tertiary/aromatic N) is 1. The molecule has 0 radical (unpaired) electrons. The van der Waals surface area contributed by atoms with Crippen LogP contribution in [0.2, 0.25) is 0 Å². The lowest BCUT2D eigenvalue weighted by atomic mass is 9.67. The molecule has 0 unspecified atom stereocenters. The molecule has 0 atom stereocenters. The number of hydrogen-bond donors (Lipinski definition) is 0. The van der Waals surface area contributed by atoms with Crippen LogP contribution in [-0.4, -0.2) is 0 Å². The summed E-state index contributed by atoms with van der Waals surface area (Å²) in [6.45, 7) is 0. The average Bonchev–Trinajstić information content (AvgIpc) is 3.66. The number of anilines is 3. The minimum absolute atomic E-state index is 0.526. The second kappa shape index (κ2) is 13.4. The van der Waals surface area contributed by atoms with Crippen molar-refractivity contribution >= 4 is 92.5 Å². The van der Waals surface area contributed by atoms with Crippen molar-refractivity contribution in [1.82, 2.24) is 0 Å². The zero-order valence-electron chi connectivity index (χ0n) is 35.0. The molecule has 0 spiro atoms. The molecule has 1 aliphatic carbocycles. The van der Waals surface area contributed by atoms with E-state index in [-0.39, 0.29) is 0 Å². The first-order valence-electron chi connectivity index (χ1n) is 22.3. The number of fused-ring (bicyclic) bond motifs is 6. The first-order chi connectivity index (χ1) is 31.7. The maximum Gasteiger partial charge on any atom is 0.0714 e. The van der Waals surface area contributed by atoms with Crippen molar-refractivity contribution in [2.45, 2.75) is 5.41 Å². The Morgan fingerprint density at radius 2 is 0.703 bits per heavy atom. The second-order valence-electron chi connectivity index (χ2n) is 17.6. The number of benzene rings is 12. The van der Waals surface area contributed by atoms with Gasteiger partial charge in [0.05, 0.1) is 5.41 Å². The van der Waals surface area contributed by atoms with Crippen LogP contribution in [0.25, 0.3) is 86.5 Å². The van der Waals surface area contributed by atoms with Gasteiger partial charge in [0.1, 0.15) is 0 Å². The standard InChI is InChI=1S/C63H39N/c1-3-19-46(20-4-1)63(47-21-5-2-6-22-47)57-27-10-9-23-51(57)52-35-34-49(39-58(52)63)64(48-33-32-40-14-7-8-15-44(40)36-48)50-37-45-31-30-43-17-12-25-54-53-24-11-16-41-28-29-42-18-13-26-55(61(42)59(41)53)56(38-50)62(45)60(43)54/h1-39H. The predicted molar refractivity (Wildman–Crippen MR) is 272 cm³/mol. The van der Waals surface area contributed by atoms with Gasteiger partial charge in [-0.15, -0.1) is 0 Å². The Morgan fingerprint density at radius 3 is 1.36 bits per heavy atom. The monoisotopic (exact) mass is 809 g/mol. The largest absolute Gasteiger partial charge is 0.310 e. The summed E-state index contributed by atoms with van der Waals surface area (Å²) in [5.41, 5.74) is 10.5. The van der Waals surface area contributed by atoms with Crippen molar-refractivity contribution in [2.24, 2.45) is 0 Å². The van der Waals surface area contributed by atoms with Gasteiger partial charge in [-0.2, -0.15) is 0 Å². The zero-order chi connectivity index (χ0) is 41.9. The molecule has 13 aromatic rings. The van der Waals surface area contributed by atoms with Crippen molar-refractivity contribution < 1.29 is 0 Å². The van der Waals surface area contributed by atoms with Crippen LogP contribution in [0.15, 0.2) is 237 Å². The topological polar surface area (TPSA) is 3.24 Å². The lowest BCUT2D eigenvalue weighted by Crippen LogP contribution is -2.28. The first-order valence-corrected chi connectivity index (χ1v) is 22.3. The Morgan fingerprint density at radius 1 is 0.250 bits per heavy atom. The van der Waals surface area contributed by atoms with Crippen LogP contribution in [-0.2, 0) is 5.41 Å². The Hall–Kier alpha value is -8.26. The normalized spacial score (nSPS) is 13.1. The molecule has 296 valence electrons. The van der Waals surface area contributed by atoms with Gasteiger partial charge >= 0.3 is 0 Å². The Balaban J connectivity index is 1.12. The summed E-state index contributed by atoms with van der Waals surface area (Å²) < 4.78 is 0. The number of hydrogen-bond acceptors (Lipinski definition) is 1.